The van der Waals surface area contributed by atoms with E-state index in [0.29, 0.717) is 22.2 Å². The first-order chi connectivity index (χ1) is 10.2. The van der Waals surface area contributed by atoms with Crippen LogP contribution in [0.2, 0.25) is 0 Å². The number of rotatable bonds is 3. The number of benzene rings is 2. The SMILES string of the molecule is COc1ccc(NC(=O)c2c[nH]c3cc(F)ccc23)cc1. The van der Waals surface area contributed by atoms with Crippen LogP contribution in [-0.2, 0) is 0 Å². The molecule has 5 heteroatoms. The number of carbonyl (C=O) groups is 1. The molecule has 0 radical (unpaired) electrons. The van der Waals surface area contributed by atoms with Gasteiger partial charge in [-0.25, -0.2) is 4.39 Å². The second-order valence-corrected chi connectivity index (χ2v) is 4.57. The van der Waals surface area contributed by atoms with Crippen molar-refractivity contribution in [1.82, 2.24) is 4.98 Å². The van der Waals surface area contributed by atoms with Crippen LogP contribution < -0.4 is 10.1 Å². The van der Waals surface area contributed by atoms with Crippen LogP contribution in [-0.4, -0.2) is 18.0 Å². The van der Waals surface area contributed by atoms with Gasteiger partial charge in [-0.1, -0.05) is 0 Å². The van der Waals surface area contributed by atoms with Gasteiger partial charge in [-0.15, -0.1) is 0 Å². The molecule has 3 rings (SSSR count). The number of hydrogen-bond acceptors (Lipinski definition) is 2. The highest BCUT2D eigenvalue weighted by Crippen LogP contribution is 2.21. The Morgan fingerprint density at radius 1 is 1.19 bits per heavy atom. The van der Waals surface area contributed by atoms with Gasteiger partial charge in [0.25, 0.3) is 5.91 Å². The third-order valence-electron chi connectivity index (χ3n) is 3.24. The summed E-state index contributed by atoms with van der Waals surface area (Å²) in [5, 5.41) is 3.48. The minimum Gasteiger partial charge on any atom is -0.497 e. The zero-order chi connectivity index (χ0) is 14.8. The number of amides is 1. The molecule has 0 unspecified atom stereocenters. The van der Waals surface area contributed by atoms with E-state index in [0.717, 1.165) is 5.75 Å². The maximum atomic E-state index is 13.1. The second-order valence-electron chi connectivity index (χ2n) is 4.57. The topological polar surface area (TPSA) is 54.1 Å². The fourth-order valence-electron chi connectivity index (χ4n) is 2.16. The normalized spacial score (nSPS) is 10.6. The van der Waals surface area contributed by atoms with Gasteiger partial charge in [0.2, 0.25) is 0 Å². The Morgan fingerprint density at radius 3 is 2.67 bits per heavy atom. The molecule has 106 valence electrons. The van der Waals surface area contributed by atoms with E-state index in [1.165, 1.54) is 12.1 Å². The van der Waals surface area contributed by atoms with E-state index in [9.17, 15) is 9.18 Å². The van der Waals surface area contributed by atoms with Crippen molar-refractivity contribution in [3.8, 4) is 5.75 Å². The van der Waals surface area contributed by atoms with Gasteiger partial charge >= 0.3 is 0 Å². The van der Waals surface area contributed by atoms with Crippen molar-refractivity contribution in [3.05, 3.63) is 60.0 Å². The molecular weight excluding hydrogens is 271 g/mol. The lowest BCUT2D eigenvalue weighted by Crippen LogP contribution is -2.11. The van der Waals surface area contributed by atoms with Gasteiger partial charge in [-0.05, 0) is 42.5 Å². The van der Waals surface area contributed by atoms with Gasteiger partial charge in [-0.2, -0.15) is 0 Å². The van der Waals surface area contributed by atoms with E-state index < -0.39 is 0 Å². The number of ether oxygens (including phenoxy) is 1. The van der Waals surface area contributed by atoms with Crippen molar-refractivity contribution in [2.24, 2.45) is 0 Å². The summed E-state index contributed by atoms with van der Waals surface area (Å²) in [5.41, 5.74) is 1.73. The van der Waals surface area contributed by atoms with Crippen molar-refractivity contribution in [3.63, 3.8) is 0 Å². The number of H-pyrrole nitrogens is 1. The first kappa shape index (κ1) is 13.2. The van der Waals surface area contributed by atoms with E-state index in [-0.39, 0.29) is 11.7 Å². The number of nitrogens with one attached hydrogen (secondary N) is 2. The molecule has 0 saturated carbocycles. The summed E-state index contributed by atoms with van der Waals surface area (Å²) in [6.45, 7) is 0. The van der Waals surface area contributed by atoms with Gasteiger partial charge in [-0.3, -0.25) is 4.79 Å². The summed E-state index contributed by atoms with van der Waals surface area (Å²) in [4.78, 5) is 15.2. The number of aromatic amines is 1. The quantitative estimate of drug-likeness (QED) is 0.772. The lowest BCUT2D eigenvalue weighted by atomic mass is 10.1. The molecule has 2 N–H and O–H groups in total. The minimum absolute atomic E-state index is 0.252. The Kier molecular flexibility index (Phi) is 3.31. The molecule has 0 bridgehead atoms. The summed E-state index contributed by atoms with van der Waals surface area (Å²) in [6, 6.07) is 11.3. The Labute approximate surface area is 120 Å². The van der Waals surface area contributed by atoms with Crippen molar-refractivity contribution in [2.75, 3.05) is 12.4 Å². The minimum atomic E-state index is -0.341. The molecule has 0 fully saturated rings. The van der Waals surface area contributed by atoms with Crippen LogP contribution in [0.4, 0.5) is 10.1 Å². The number of hydrogen-bond donors (Lipinski definition) is 2. The molecule has 4 nitrogen and oxygen atoms in total. The van der Waals surface area contributed by atoms with Gasteiger partial charge < -0.3 is 15.0 Å². The predicted octanol–water partition coefficient (Wildman–Crippen LogP) is 3.57. The molecule has 0 atom stereocenters. The van der Waals surface area contributed by atoms with Crippen LogP contribution in [0.25, 0.3) is 10.9 Å². The molecule has 1 heterocycles. The number of carbonyl (C=O) groups excluding carboxylic acids is 1. The van der Waals surface area contributed by atoms with Gasteiger partial charge in [0.1, 0.15) is 11.6 Å². The second kappa shape index (κ2) is 5.28. The highest BCUT2D eigenvalue weighted by molar-refractivity contribution is 6.12. The number of anilines is 1. The summed E-state index contributed by atoms with van der Waals surface area (Å²) in [6.07, 6.45) is 1.57. The fraction of sp³-hybridized carbons (Fsp3) is 0.0625. The van der Waals surface area contributed by atoms with E-state index in [4.69, 9.17) is 4.74 Å². The molecular formula is C16H13FN2O2. The van der Waals surface area contributed by atoms with Crippen molar-refractivity contribution in [1.29, 1.82) is 0 Å². The molecule has 0 aliphatic rings. The van der Waals surface area contributed by atoms with E-state index >= 15 is 0 Å². The Morgan fingerprint density at radius 2 is 1.95 bits per heavy atom. The maximum absolute atomic E-state index is 13.1. The third kappa shape index (κ3) is 2.58. The zero-order valence-electron chi connectivity index (χ0n) is 11.3. The van der Waals surface area contributed by atoms with E-state index in [1.807, 2.05) is 0 Å². The number of methoxy groups -OCH3 is 1. The number of fused-ring (bicyclic) bond motifs is 1. The molecule has 0 spiro atoms. The summed E-state index contributed by atoms with van der Waals surface area (Å²) in [5.74, 6) is 0.125. The van der Waals surface area contributed by atoms with Gasteiger partial charge in [0.15, 0.2) is 0 Å². The lowest BCUT2D eigenvalue weighted by molar-refractivity contribution is 0.102. The van der Waals surface area contributed by atoms with Crippen molar-refractivity contribution < 1.29 is 13.9 Å². The van der Waals surface area contributed by atoms with Crippen molar-refractivity contribution >= 4 is 22.5 Å². The van der Waals surface area contributed by atoms with E-state index in [2.05, 4.69) is 10.3 Å². The van der Waals surface area contributed by atoms with Crippen LogP contribution in [0.5, 0.6) is 5.75 Å². The molecule has 3 aromatic rings. The molecule has 0 saturated heterocycles. The van der Waals surface area contributed by atoms with Crippen LogP contribution in [0.1, 0.15) is 10.4 Å². The maximum Gasteiger partial charge on any atom is 0.257 e. The highest BCUT2D eigenvalue weighted by atomic mass is 19.1. The molecule has 1 aromatic heterocycles. The average Bonchev–Trinajstić information content (AvgIpc) is 2.91. The number of aromatic nitrogens is 1. The average molecular weight is 284 g/mol. The molecule has 1 amide bonds. The number of halogens is 1. The molecule has 0 aliphatic carbocycles. The summed E-state index contributed by atoms with van der Waals surface area (Å²) >= 11 is 0. The zero-order valence-corrected chi connectivity index (χ0v) is 11.3. The monoisotopic (exact) mass is 284 g/mol. The Hall–Kier alpha value is -2.82. The molecule has 0 aliphatic heterocycles. The van der Waals surface area contributed by atoms with Crippen molar-refractivity contribution in [2.45, 2.75) is 0 Å². The van der Waals surface area contributed by atoms with Crippen LogP contribution in [0, 0.1) is 5.82 Å². The largest absolute Gasteiger partial charge is 0.497 e. The van der Waals surface area contributed by atoms with Gasteiger partial charge in [0.05, 0.1) is 12.7 Å². The smallest absolute Gasteiger partial charge is 0.257 e. The van der Waals surface area contributed by atoms with Crippen LogP contribution in [0.15, 0.2) is 48.7 Å². The van der Waals surface area contributed by atoms with Crippen LogP contribution >= 0.6 is 0 Å². The Balaban J connectivity index is 1.86. The predicted molar refractivity (Wildman–Crippen MR) is 79.2 cm³/mol. The first-order valence-electron chi connectivity index (χ1n) is 6.39. The summed E-state index contributed by atoms with van der Waals surface area (Å²) < 4.78 is 18.2. The Bertz CT molecular complexity index is 794. The first-order valence-corrected chi connectivity index (χ1v) is 6.39. The third-order valence-corrected chi connectivity index (χ3v) is 3.24. The fourth-order valence-corrected chi connectivity index (χ4v) is 2.16. The highest BCUT2D eigenvalue weighted by Gasteiger charge is 2.12. The standard InChI is InChI=1S/C16H13FN2O2/c1-21-12-5-3-11(4-6-12)19-16(20)14-9-18-15-8-10(17)2-7-13(14)15/h2-9,18H,1H3,(H,19,20). The van der Waals surface area contributed by atoms with Crippen LogP contribution in [0.3, 0.4) is 0 Å². The molecule has 2 aromatic carbocycles. The van der Waals surface area contributed by atoms with Gasteiger partial charge in [0, 0.05) is 22.8 Å². The lowest BCUT2D eigenvalue weighted by Gasteiger charge is -2.05. The summed E-state index contributed by atoms with van der Waals surface area (Å²) in [7, 11) is 1.58. The molecule has 21 heavy (non-hydrogen) atoms. The van der Waals surface area contributed by atoms with E-state index in [1.54, 1.807) is 43.6 Å².